The molecule has 0 unspecified atom stereocenters. The molecule has 2 aliphatic rings. The van der Waals surface area contributed by atoms with Crippen molar-refractivity contribution in [2.75, 3.05) is 13.2 Å². The highest BCUT2D eigenvalue weighted by molar-refractivity contribution is 5.89. The third-order valence-electron chi connectivity index (χ3n) is 8.91. The smallest absolute Gasteiger partial charge is 0.330 e. The van der Waals surface area contributed by atoms with Crippen LogP contribution < -0.4 is 10.2 Å². The molecular formula is C36H36O19. The molecule has 11 N–H and O–H groups in total. The first kappa shape index (κ1) is 39.2. The summed E-state index contributed by atoms with van der Waals surface area (Å²) in [7, 11) is 0. The molecule has 0 bridgehead atoms. The molecule has 1 aromatic heterocycles. The maximum atomic E-state index is 13.0. The Kier molecular flexibility index (Phi) is 11.5. The molecule has 3 heterocycles. The molecule has 294 valence electrons. The lowest BCUT2D eigenvalue weighted by atomic mass is 9.97. The molecule has 2 saturated heterocycles. The largest absolute Gasteiger partial charge is 0.508 e. The summed E-state index contributed by atoms with van der Waals surface area (Å²) in [5.41, 5.74) is -0.530. The zero-order chi connectivity index (χ0) is 39.7. The Morgan fingerprint density at radius 3 is 2.13 bits per heavy atom. The number of aromatic hydroxyl groups is 5. The summed E-state index contributed by atoms with van der Waals surface area (Å²) in [5.74, 6) is -4.68. The molecule has 0 amide bonds. The van der Waals surface area contributed by atoms with E-state index < -0.39 is 120 Å². The molecule has 10 atom stereocenters. The Labute approximate surface area is 308 Å². The highest BCUT2D eigenvalue weighted by Crippen LogP contribution is 2.43. The molecule has 2 aliphatic heterocycles. The first-order valence-electron chi connectivity index (χ1n) is 16.5. The molecule has 19 heteroatoms. The second-order valence-corrected chi connectivity index (χ2v) is 12.6. The Morgan fingerprint density at radius 2 is 1.44 bits per heavy atom. The molecule has 0 spiro atoms. The van der Waals surface area contributed by atoms with Crippen LogP contribution in [0.3, 0.4) is 0 Å². The number of hydrogen-bond donors (Lipinski definition) is 11. The third kappa shape index (κ3) is 8.15. The third-order valence-corrected chi connectivity index (χ3v) is 8.91. The Hall–Kier alpha value is -5.48. The van der Waals surface area contributed by atoms with Crippen molar-refractivity contribution in [3.8, 4) is 45.8 Å². The number of hydrogen-bond acceptors (Lipinski definition) is 19. The molecule has 6 rings (SSSR count). The number of carbonyl (C=O) groups is 1. The van der Waals surface area contributed by atoms with Gasteiger partial charge in [-0.05, 0) is 42.0 Å². The van der Waals surface area contributed by atoms with Gasteiger partial charge in [-0.3, -0.25) is 4.79 Å². The minimum Gasteiger partial charge on any atom is -0.508 e. The van der Waals surface area contributed by atoms with Crippen molar-refractivity contribution in [2.24, 2.45) is 0 Å². The molecule has 0 saturated carbocycles. The average molecular weight is 773 g/mol. The lowest BCUT2D eigenvalue weighted by molar-refractivity contribution is -0.358. The zero-order valence-corrected chi connectivity index (χ0v) is 28.2. The first-order chi connectivity index (χ1) is 26.2. The first-order valence-corrected chi connectivity index (χ1v) is 16.5. The van der Waals surface area contributed by atoms with Crippen molar-refractivity contribution in [1.29, 1.82) is 0 Å². The van der Waals surface area contributed by atoms with Gasteiger partial charge in [-0.2, -0.15) is 0 Å². The number of aliphatic hydroxyl groups excluding tert-OH is 6. The van der Waals surface area contributed by atoms with Gasteiger partial charge < -0.3 is 84.3 Å². The second-order valence-electron chi connectivity index (χ2n) is 12.6. The van der Waals surface area contributed by atoms with Crippen LogP contribution >= 0.6 is 0 Å². The van der Waals surface area contributed by atoms with E-state index in [2.05, 4.69) is 0 Å². The molecule has 19 nitrogen and oxygen atoms in total. The van der Waals surface area contributed by atoms with Crippen LogP contribution in [-0.2, 0) is 23.7 Å². The quantitative estimate of drug-likeness (QED) is 0.0537. The molecule has 55 heavy (non-hydrogen) atoms. The number of ether oxygens (including phenoxy) is 5. The van der Waals surface area contributed by atoms with Crippen molar-refractivity contribution in [2.45, 2.75) is 61.4 Å². The topological polar surface area (TPSA) is 316 Å². The average Bonchev–Trinajstić information content (AvgIpc) is 3.16. The fourth-order valence-electron chi connectivity index (χ4n) is 5.88. The Bertz CT molecular complexity index is 2100. The van der Waals surface area contributed by atoms with Gasteiger partial charge in [-0.1, -0.05) is 12.1 Å². The van der Waals surface area contributed by atoms with Crippen LogP contribution in [0.1, 0.15) is 5.56 Å². The van der Waals surface area contributed by atoms with Gasteiger partial charge in [0.15, 0.2) is 40.8 Å². The normalized spacial score (nSPS) is 28.3. The van der Waals surface area contributed by atoms with E-state index in [4.69, 9.17) is 28.1 Å². The Balaban J connectivity index is 1.24. The molecule has 0 radical (unpaired) electrons. The van der Waals surface area contributed by atoms with Crippen molar-refractivity contribution in [3.05, 3.63) is 76.5 Å². The fraction of sp³-hybridized carbons (Fsp3) is 0.333. The van der Waals surface area contributed by atoms with E-state index in [0.717, 1.165) is 30.3 Å². The van der Waals surface area contributed by atoms with Gasteiger partial charge in [0.25, 0.3) is 0 Å². The molecular weight excluding hydrogens is 736 g/mol. The monoisotopic (exact) mass is 772 g/mol. The van der Waals surface area contributed by atoms with Gasteiger partial charge in [-0.25, -0.2) is 4.79 Å². The number of fused-ring (bicyclic) bond motifs is 1. The van der Waals surface area contributed by atoms with Crippen molar-refractivity contribution in [1.82, 2.24) is 0 Å². The van der Waals surface area contributed by atoms with E-state index in [9.17, 15) is 65.8 Å². The van der Waals surface area contributed by atoms with Crippen molar-refractivity contribution < 1.29 is 89.1 Å². The fourth-order valence-corrected chi connectivity index (χ4v) is 5.88. The van der Waals surface area contributed by atoms with Gasteiger partial charge in [0.1, 0.15) is 71.8 Å². The number of esters is 1. The summed E-state index contributed by atoms with van der Waals surface area (Å²) >= 11 is 0. The van der Waals surface area contributed by atoms with Gasteiger partial charge in [-0.15, -0.1) is 0 Å². The lowest BCUT2D eigenvalue weighted by Crippen LogP contribution is -2.65. The second kappa shape index (κ2) is 16.1. The number of benzene rings is 3. The summed E-state index contributed by atoms with van der Waals surface area (Å²) in [6, 6.07) is 11.3. The summed E-state index contributed by atoms with van der Waals surface area (Å²) in [6.45, 7) is -1.55. The maximum absolute atomic E-state index is 13.0. The standard InChI is InChI=1S/C36H36O19/c37-12-23-28(44)32(48)34(55-35-33(49)31(47)29(45)24(54-35)13-50-25(42)8-3-14-1-5-16(38)6-2-14)36(53-23)52-22-11-21-26(30(46)27(22)43)19(41)10-20(51-21)15-4-7-17(39)18(40)9-15/h1-11,23-24,28-29,31-40,43-49H,12-13H2/b8-3+/t23-,24-,28-,29-,31+,32+,33-,34-,35+,36-/m1/s1. The number of carbonyl (C=O) groups excluding carboxylic acids is 1. The highest BCUT2D eigenvalue weighted by atomic mass is 16.8. The van der Waals surface area contributed by atoms with E-state index in [1.807, 2.05) is 0 Å². The SMILES string of the molecule is O=C(/C=C/c1ccc(O)cc1)OC[C@H]1O[C@@H](O[C@H]2[C@H](Oc3cc4oc(-c5ccc(O)c(O)c5)cc(=O)c4c(O)c3O)O[C@H](CO)[C@@H](O)[C@@H]2O)[C@H](O)[C@@H](O)[C@@H]1O. The van der Waals surface area contributed by atoms with E-state index in [0.29, 0.717) is 5.56 Å². The predicted octanol–water partition coefficient (Wildman–Crippen LogP) is -0.745. The highest BCUT2D eigenvalue weighted by Gasteiger charge is 2.52. The number of aliphatic hydroxyl groups is 6. The number of phenols is 5. The van der Waals surface area contributed by atoms with E-state index in [1.54, 1.807) is 0 Å². The summed E-state index contributed by atoms with van der Waals surface area (Å²) < 4.78 is 33.5. The van der Waals surface area contributed by atoms with E-state index >= 15 is 0 Å². The van der Waals surface area contributed by atoms with Crippen LogP contribution in [0.25, 0.3) is 28.4 Å². The Morgan fingerprint density at radius 1 is 0.745 bits per heavy atom. The number of rotatable bonds is 10. The number of phenolic OH excluding ortho intramolecular Hbond substituents is 5. The predicted molar refractivity (Wildman–Crippen MR) is 183 cm³/mol. The maximum Gasteiger partial charge on any atom is 0.330 e. The van der Waals surface area contributed by atoms with Gasteiger partial charge in [0.2, 0.25) is 12.0 Å². The van der Waals surface area contributed by atoms with Gasteiger partial charge in [0, 0.05) is 23.8 Å². The minimum atomic E-state index is -2.03. The van der Waals surface area contributed by atoms with Crippen molar-refractivity contribution >= 4 is 23.0 Å². The van der Waals surface area contributed by atoms with E-state index in [1.165, 1.54) is 36.4 Å². The lowest BCUT2D eigenvalue weighted by Gasteiger charge is -2.45. The van der Waals surface area contributed by atoms with Gasteiger partial charge >= 0.3 is 5.97 Å². The van der Waals surface area contributed by atoms with Crippen LogP contribution in [0.15, 0.2) is 69.9 Å². The molecule has 4 aromatic rings. The van der Waals surface area contributed by atoms with Crippen LogP contribution in [0.2, 0.25) is 0 Å². The van der Waals surface area contributed by atoms with Crippen LogP contribution in [0.4, 0.5) is 0 Å². The molecule has 2 fully saturated rings. The summed E-state index contributed by atoms with van der Waals surface area (Å²) in [6.07, 6.45) is -16.1. The summed E-state index contributed by atoms with van der Waals surface area (Å²) in [4.78, 5) is 25.4. The summed E-state index contributed by atoms with van der Waals surface area (Å²) in [5, 5.41) is 114. The van der Waals surface area contributed by atoms with Crippen LogP contribution in [0, 0.1) is 0 Å². The zero-order valence-electron chi connectivity index (χ0n) is 28.2. The van der Waals surface area contributed by atoms with Crippen LogP contribution in [0.5, 0.6) is 34.5 Å². The van der Waals surface area contributed by atoms with Crippen molar-refractivity contribution in [3.63, 3.8) is 0 Å². The van der Waals surface area contributed by atoms with E-state index in [-0.39, 0.29) is 22.7 Å². The molecule has 0 aliphatic carbocycles. The van der Waals surface area contributed by atoms with Crippen LogP contribution in [-0.4, -0.2) is 137 Å². The minimum absolute atomic E-state index is 0.0130. The molecule has 3 aromatic carbocycles. The van der Waals surface area contributed by atoms with Gasteiger partial charge in [0.05, 0.1) is 6.61 Å².